The van der Waals surface area contributed by atoms with E-state index in [2.05, 4.69) is 5.16 Å². The molecule has 0 aliphatic heterocycles. The Hall–Kier alpha value is -1.97. The Bertz CT molecular complexity index is 389. The first-order valence-corrected chi connectivity index (χ1v) is 3.71. The van der Waals surface area contributed by atoms with E-state index in [1.807, 2.05) is 0 Å². The Balaban J connectivity index is 2.64. The molecule has 0 saturated heterocycles. The van der Waals surface area contributed by atoms with Crippen molar-refractivity contribution in [2.45, 2.75) is 0 Å². The molecule has 0 saturated carbocycles. The molecule has 4 heteroatoms. The Kier molecular flexibility index (Phi) is 1.66. The topological polar surface area (TPSA) is 66.5 Å². The van der Waals surface area contributed by atoms with E-state index >= 15 is 0 Å². The minimum Gasteiger partial charge on any atom is -0.507 e. The molecular weight excluding hydrogens is 170 g/mol. The summed E-state index contributed by atoms with van der Waals surface area (Å²) in [7, 11) is 0. The highest BCUT2D eigenvalue weighted by atomic mass is 16.5. The molecule has 0 atom stereocenters. The lowest BCUT2D eigenvalue weighted by Crippen LogP contribution is -1.76. The molecule has 2 N–H and O–H groups in total. The maximum atomic E-state index is 9.42. The molecule has 0 spiro atoms. The number of rotatable bonds is 1. The number of phenolic OH excluding ortho intramolecular Hbond substituents is 2. The summed E-state index contributed by atoms with van der Waals surface area (Å²) >= 11 is 0. The van der Waals surface area contributed by atoms with E-state index in [1.165, 1.54) is 18.3 Å². The number of benzene rings is 1. The molecule has 2 aromatic rings. The Labute approximate surface area is 74.0 Å². The van der Waals surface area contributed by atoms with Crippen molar-refractivity contribution in [1.29, 1.82) is 0 Å². The van der Waals surface area contributed by atoms with Gasteiger partial charge in [-0.25, -0.2) is 0 Å². The lowest BCUT2D eigenvalue weighted by Gasteiger charge is -2.01. The summed E-state index contributed by atoms with van der Waals surface area (Å²) in [6, 6.07) is 6.05. The maximum Gasteiger partial charge on any atom is 0.174 e. The van der Waals surface area contributed by atoms with E-state index in [1.54, 1.807) is 12.1 Å². The third kappa shape index (κ3) is 1.22. The molecule has 0 radical (unpaired) electrons. The summed E-state index contributed by atoms with van der Waals surface area (Å²) < 4.78 is 4.81. The fourth-order valence-electron chi connectivity index (χ4n) is 1.13. The minimum atomic E-state index is -0.0308. The van der Waals surface area contributed by atoms with E-state index in [0.717, 1.165) is 0 Å². The Morgan fingerprint density at radius 2 is 1.77 bits per heavy atom. The molecule has 13 heavy (non-hydrogen) atoms. The lowest BCUT2D eigenvalue weighted by atomic mass is 10.1. The van der Waals surface area contributed by atoms with Crippen molar-refractivity contribution in [2.24, 2.45) is 0 Å². The Morgan fingerprint density at radius 1 is 1.08 bits per heavy atom. The van der Waals surface area contributed by atoms with Crippen LogP contribution in [0.3, 0.4) is 0 Å². The van der Waals surface area contributed by atoms with Gasteiger partial charge in [0.1, 0.15) is 17.1 Å². The van der Waals surface area contributed by atoms with Crippen molar-refractivity contribution in [3.8, 4) is 22.8 Å². The van der Waals surface area contributed by atoms with Crippen LogP contribution in [0.1, 0.15) is 0 Å². The number of aromatic hydroxyl groups is 2. The van der Waals surface area contributed by atoms with Crippen molar-refractivity contribution in [3.05, 3.63) is 30.5 Å². The third-order valence-electron chi connectivity index (χ3n) is 1.70. The number of hydrogen-bond donors (Lipinski definition) is 2. The fourth-order valence-corrected chi connectivity index (χ4v) is 1.13. The van der Waals surface area contributed by atoms with Gasteiger partial charge in [0.15, 0.2) is 5.76 Å². The van der Waals surface area contributed by atoms with Gasteiger partial charge in [-0.2, -0.15) is 0 Å². The van der Waals surface area contributed by atoms with Gasteiger partial charge in [-0.05, 0) is 12.1 Å². The van der Waals surface area contributed by atoms with Crippen molar-refractivity contribution in [1.82, 2.24) is 5.16 Å². The monoisotopic (exact) mass is 177 g/mol. The molecule has 4 nitrogen and oxygen atoms in total. The lowest BCUT2D eigenvalue weighted by molar-refractivity contribution is 0.417. The first kappa shape index (κ1) is 7.67. The largest absolute Gasteiger partial charge is 0.507 e. The van der Waals surface area contributed by atoms with Gasteiger partial charge in [-0.3, -0.25) is 0 Å². The molecule has 0 bridgehead atoms. The second-order valence-corrected chi connectivity index (χ2v) is 2.55. The minimum absolute atomic E-state index is 0.0308. The standard InChI is InChI=1S/C9H7NO3/c11-6-2-1-3-7(12)9(6)8-4-5-10-13-8/h1-5,11-12H. The molecule has 0 aliphatic carbocycles. The molecule has 2 rings (SSSR count). The van der Waals surface area contributed by atoms with Gasteiger partial charge in [0.2, 0.25) is 0 Å². The molecule has 0 fully saturated rings. The molecule has 1 heterocycles. The summed E-state index contributed by atoms with van der Waals surface area (Å²) in [6.07, 6.45) is 1.45. The second-order valence-electron chi connectivity index (χ2n) is 2.55. The number of aromatic nitrogens is 1. The highest BCUT2D eigenvalue weighted by Crippen LogP contribution is 2.36. The van der Waals surface area contributed by atoms with E-state index in [0.29, 0.717) is 5.76 Å². The van der Waals surface area contributed by atoms with Crippen LogP contribution in [0.4, 0.5) is 0 Å². The highest BCUT2D eigenvalue weighted by molar-refractivity contribution is 5.71. The van der Waals surface area contributed by atoms with Gasteiger partial charge in [0.05, 0.1) is 6.20 Å². The van der Waals surface area contributed by atoms with Crippen LogP contribution in [0.2, 0.25) is 0 Å². The van der Waals surface area contributed by atoms with E-state index in [4.69, 9.17) is 4.52 Å². The highest BCUT2D eigenvalue weighted by Gasteiger charge is 2.12. The molecule has 66 valence electrons. The van der Waals surface area contributed by atoms with Crippen LogP contribution in [0.15, 0.2) is 35.0 Å². The van der Waals surface area contributed by atoms with E-state index in [-0.39, 0.29) is 17.1 Å². The fraction of sp³-hybridized carbons (Fsp3) is 0. The van der Waals surface area contributed by atoms with E-state index in [9.17, 15) is 10.2 Å². The summed E-state index contributed by atoms with van der Waals surface area (Å²) in [4.78, 5) is 0. The summed E-state index contributed by atoms with van der Waals surface area (Å²) in [6.45, 7) is 0. The van der Waals surface area contributed by atoms with Gasteiger partial charge in [-0.15, -0.1) is 0 Å². The average Bonchev–Trinajstić information content (AvgIpc) is 2.57. The van der Waals surface area contributed by atoms with Crippen LogP contribution in [-0.4, -0.2) is 15.4 Å². The summed E-state index contributed by atoms with van der Waals surface area (Å²) in [5, 5.41) is 22.3. The zero-order valence-corrected chi connectivity index (χ0v) is 6.64. The first-order valence-electron chi connectivity index (χ1n) is 3.71. The molecule has 1 aromatic carbocycles. The van der Waals surface area contributed by atoms with Gasteiger partial charge >= 0.3 is 0 Å². The average molecular weight is 177 g/mol. The third-order valence-corrected chi connectivity index (χ3v) is 1.70. The predicted molar refractivity (Wildman–Crippen MR) is 45.3 cm³/mol. The molecule has 0 amide bonds. The van der Waals surface area contributed by atoms with Crippen molar-refractivity contribution in [2.75, 3.05) is 0 Å². The van der Waals surface area contributed by atoms with Crippen LogP contribution in [0, 0.1) is 0 Å². The first-order chi connectivity index (χ1) is 6.29. The Morgan fingerprint density at radius 3 is 2.31 bits per heavy atom. The van der Waals surface area contributed by atoms with Crippen molar-refractivity contribution >= 4 is 0 Å². The smallest absolute Gasteiger partial charge is 0.174 e. The van der Waals surface area contributed by atoms with Crippen LogP contribution in [0.5, 0.6) is 11.5 Å². The maximum absolute atomic E-state index is 9.42. The molecule has 1 aromatic heterocycles. The summed E-state index contributed by atoms with van der Waals surface area (Å²) in [5.74, 6) is 0.282. The second kappa shape index (κ2) is 2.82. The quantitative estimate of drug-likeness (QED) is 0.696. The SMILES string of the molecule is Oc1cccc(O)c1-c1ccno1. The number of nitrogens with zero attached hydrogens (tertiary/aromatic N) is 1. The predicted octanol–water partition coefficient (Wildman–Crippen LogP) is 1.75. The normalized spacial score (nSPS) is 10.2. The number of hydrogen-bond acceptors (Lipinski definition) is 4. The summed E-state index contributed by atoms with van der Waals surface area (Å²) in [5.41, 5.74) is 0.264. The van der Waals surface area contributed by atoms with Gasteiger partial charge in [0.25, 0.3) is 0 Å². The molecule has 0 aliphatic rings. The van der Waals surface area contributed by atoms with Crippen molar-refractivity contribution in [3.63, 3.8) is 0 Å². The van der Waals surface area contributed by atoms with Crippen LogP contribution in [-0.2, 0) is 0 Å². The molecule has 0 unspecified atom stereocenters. The van der Waals surface area contributed by atoms with Gasteiger partial charge in [0, 0.05) is 6.07 Å². The zero-order valence-electron chi connectivity index (χ0n) is 6.64. The van der Waals surface area contributed by atoms with Gasteiger partial charge < -0.3 is 14.7 Å². The van der Waals surface area contributed by atoms with Gasteiger partial charge in [-0.1, -0.05) is 11.2 Å². The zero-order chi connectivity index (χ0) is 9.26. The van der Waals surface area contributed by atoms with Crippen LogP contribution >= 0.6 is 0 Å². The van der Waals surface area contributed by atoms with E-state index < -0.39 is 0 Å². The number of phenols is 2. The van der Waals surface area contributed by atoms with Crippen molar-refractivity contribution < 1.29 is 14.7 Å². The van der Waals surface area contributed by atoms with Crippen LogP contribution in [0.25, 0.3) is 11.3 Å². The van der Waals surface area contributed by atoms with Crippen LogP contribution < -0.4 is 0 Å². The molecular formula is C9H7NO3.